The van der Waals surface area contributed by atoms with E-state index in [1.807, 2.05) is 12.1 Å². The molecule has 0 aliphatic rings. The standard InChI is InChI=1S/C16H19N3O/c1-11-4-2-5-12(10-11)8-9-19-14-7-3-6-13(15(14)17)16(18)20/h2-7,10,19H,8-9,17H2,1H3,(H2,18,20). The minimum Gasteiger partial charge on any atom is -0.396 e. The van der Waals surface area contributed by atoms with E-state index in [-0.39, 0.29) is 0 Å². The van der Waals surface area contributed by atoms with Crippen LogP contribution >= 0.6 is 0 Å². The Kier molecular flexibility index (Phi) is 4.25. The maximum absolute atomic E-state index is 11.2. The van der Waals surface area contributed by atoms with Crippen LogP contribution < -0.4 is 16.8 Å². The van der Waals surface area contributed by atoms with Crippen LogP contribution in [0.4, 0.5) is 11.4 Å². The Morgan fingerprint density at radius 1 is 1.20 bits per heavy atom. The van der Waals surface area contributed by atoms with E-state index in [2.05, 4.69) is 30.4 Å². The van der Waals surface area contributed by atoms with Gasteiger partial charge in [0.25, 0.3) is 5.91 Å². The number of aryl methyl sites for hydroxylation is 1. The summed E-state index contributed by atoms with van der Waals surface area (Å²) in [6.07, 6.45) is 0.891. The van der Waals surface area contributed by atoms with Crippen molar-refractivity contribution in [3.05, 3.63) is 59.2 Å². The first kappa shape index (κ1) is 13.9. The van der Waals surface area contributed by atoms with Crippen molar-refractivity contribution in [1.29, 1.82) is 0 Å². The monoisotopic (exact) mass is 269 g/mol. The minimum atomic E-state index is -0.509. The molecule has 2 rings (SSSR count). The van der Waals surface area contributed by atoms with Gasteiger partial charge < -0.3 is 16.8 Å². The van der Waals surface area contributed by atoms with Crippen molar-refractivity contribution >= 4 is 17.3 Å². The van der Waals surface area contributed by atoms with Gasteiger partial charge in [0.05, 0.1) is 16.9 Å². The van der Waals surface area contributed by atoms with Gasteiger partial charge in [-0.2, -0.15) is 0 Å². The van der Waals surface area contributed by atoms with Crippen molar-refractivity contribution in [2.24, 2.45) is 5.73 Å². The number of primary amides is 1. The van der Waals surface area contributed by atoms with Gasteiger partial charge in [0.15, 0.2) is 0 Å². The van der Waals surface area contributed by atoms with Crippen LogP contribution in [0.3, 0.4) is 0 Å². The zero-order valence-electron chi connectivity index (χ0n) is 11.5. The van der Waals surface area contributed by atoms with Gasteiger partial charge in [0.2, 0.25) is 0 Å². The van der Waals surface area contributed by atoms with E-state index in [9.17, 15) is 4.79 Å². The lowest BCUT2D eigenvalue weighted by molar-refractivity contribution is 0.100. The Hall–Kier alpha value is -2.49. The molecule has 0 saturated heterocycles. The summed E-state index contributed by atoms with van der Waals surface area (Å²) in [5, 5.41) is 3.24. The Morgan fingerprint density at radius 2 is 1.95 bits per heavy atom. The number of para-hydroxylation sites is 1. The molecule has 0 saturated carbocycles. The molecule has 0 spiro atoms. The van der Waals surface area contributed by atoms with E-state index < -0.39 is 5.91 Å². The highest BCUT2D eigenvalue weighted by atomic mass is 16.1. The van der Waals surface area contributed by atoms with Gasteiger partial charge in [-0.1, -0.05) is 35.9 Å². The Labute approximate surface area is 118 Å². The first-order valence-electron chi connectivity index (χ1n) is 6.55. The number of nitrogens with two attached hydrogens (primary N) is 2. The van der Waals surface area contributed by atoms with E-state index in [0.717, 1.165) is 18.7 Å². The van der Waals surface area contributed by atoms with Gasteiger partial charge >= 0.3 is 0 Å². The second-order valence-electron chi connectivity index (χ2n) is 4.80. The highest BCUT2D eigenvalue weighted by Gasteiger charge is 2.08. The molecule has 0 aliphatic heterocycles. The van der Waals surface area contributed by atoms with Crippen molar-refractivity contribution in [3.63, 3.8) is 0 Å². The van der Waals surface area contributed by atoms with Crippen LogP contribution in [0.25, 0.3) is 0 Å². The molecule has 0 atom stereocenters. The topological polar surface area (TPSA) is 81.1 Å². The van der Waals surface area contributed by atoms with E-state index in [4.69, 9.17) is 11.5 Å². The second-order valence-corrected chi connectivity index (χ2v) is 4.80. The molecule has 4 nitrogen and oxygen atoms in total. The summed E-state index contributed by atoms with van der Waals surface area (Å²) in [6, 6.07) is 13.6. The number of carbonyl (C=O) groups excluding carboxylic acids is 1. The number of nitrogen functional groups attached to an aromatic ring is 1. The molecule has 1 amide bonds. The van der Waals surface area contributed by atoms with Crippen molar-refractivity contribution in [1.82, 2.24) is 0 Å². The van der Waals surface area contributed by atoms with Gasteiger partial charge in [-0.15, -0.1) is 0 Å². The van der Waals surface area contributed by atoms with Gasteiger partial charge in [0, 0.05) is 6.54 Å². The largest absolute Gasteiger partial charge is 0.396 e. The summed E-state index contributed by atoms with van der Waals surface area (Å²) in [4.78, 5) is 11.2. The number of amides is 1. The highest BCUT2D eigenvalue weighted by molar-refractivity contribution is 6.00. The number of anilines is 2. The summed E-state index contributed by atoms with van der Waals surface area (Å²) < 4.78 is 0. The van der Waals surface area contributed by atoms with Crippen LogP contribution in [0.1, 0.15) is 21.5 Å². The predicted octanol–water partition coefficient (Wildman–Crippen LogP) is 2.33. The highest BCUT2D eigenvalue weighted by Crippen LogP contribution is 2.22. The third-order valence-corrected chi connectivity index (χ3v) is 3.18. The first-order chi connectivity index (χ1) is 9.58. The van der Waals surface area contributed by atoms with Gasteiger partial charge in [0.1, 0.15) is 0 Å². The zero-order chi connectivity index (χ0) is 14.5. The number of nitrogens with one attached hydrogen (secondary N) is 1. The van der Waals surface area contributed by atoms with Gasteiger partial charge in [-0.25, -0.2) is 0 Å². The molecule has 2 aromatic carbocycles. The van der Waals surface area contributed by atoms with Crippen LogP contribution in [0, 0.1) is 6.92 Å². The number of hydrogen-bond acceptors (Lipinski definition) is 3. The fourth-order valence-electron chi connectivity index (χ4n) is 2.14. The fraction of sp³-hybridized carbons (Fsp3) is 0.188. The maximum Gasteiger partial charge on any atom is 0.250 e. The Morgan fingerprint density at radius 3 is 2.65 bits per heavy atom. The quantitative estimate of drug-likeness (QED) is 0.729. The molecule has 2 aromatic rings. The summed E-state index contributed by atoms with van der Waals surface area (Å²) in [5.41, 5.74) is 15.2. The normalized spacial score (nSPS) is 10.2. The average Bonchev–Trinajstić information content (AvgIpc) is 2.40. The average molecular weight is 269 g/mol. The molecule has 104 valence electrons. The van der Waals surface area contributed by atoms with Crippen molar-refractivity contribution in [2.45, 2.75) is 13.3 Å². The van der Waals surface area contributed by atoms with Crippen molar-refractivity contribution in [3.8, 4) is 0 Å². The number of benzene rings is 2. The van der Waals surface area contributed by atoms with Crippen LogP contribution in [-0.2, 0) is 6.42 Å². The molecule has 5 N–H and O–H groups in total. The molecule has 0 unspecified atom stereocenters. The molecule has 0 radical (unpaired) electrons. The molecule has 4 heteroatoms. The van der Waals surface area contributed by atoms with Crippen LogP contribution in [-0.4, -0.2) is 12.5 Å². The van der Waals surface area contributed by atoms with Gasteiger partial charge in [-0.05, 0) is 31.0 Å². The number of hydrogen-bond donors (Lipinski definition) is 3. The molecule has 0 fully saturated rings. The van der Waals surface area contributed by atoms with Crippen molar-refractivity contribution in [2.75, 3.05) is 17.6 Å². The van der Waals surface area contributed by atoms with E-state index >= 15 is 0 Å². The Bertz CT molecular complexity index is 623. The molecule has 0 heterocycles. The second kappa shape index (κ2) is 6.10. The van der Waals surface area contributed by atoms with Crippen molar-refractivity contribution < 1.29 is 4.79 Å². The maximum atomic E-state index is 11.2. The predicted molar refractivity (Wildman–Crippen MR) is 82.7 cm³/mol. The smallest absolute Gasteiger partial charge is 0.250 e. The van der Waals surface area contributed by atoms with Crippen LogP contribution in [0.2, 0.25) is 0 Å². The third-order valence-electron chi connectivity index (χ3n) is 3.18. The van der Waals surface area contributed by atoms with E-state index in [1.54, 1.807) is 12.1 Å². The summed E-state index contributed by atoms with van der Waals surface area (Å²) >= 11 is 0. The molecule has 0 aromatic heterocycles. The lowest BCUT2D eigenvalue weighted by Gasteiger charge is -2.11. The molecule has 0 aliphatic carbocycles. The molecular formula is C16H19N3O. The van der Waals surface area contributed by atoms with E-state index in [0.29, 0.717) is 11.3 Å². The third kappa shape index (κ3) is 3.29. The lowest BCUT2D eigenvalue weighted by atomic mass is 10.1. The molecule has 20 heavy (non-hydrogen) atoms. The van der Waals surface area contributed by atoms with Crippen LogP contribution in [0.15, 0.2) is 42.5 Å². The summed E-state index contributed by atoms with van der Waals surface area (Å²) in [6.45, 7) is 2.82. The Balaban J connectivity index is 2.01. The molecule has 0 bridgehead atoms. The SMILES string of the molecule is Cc1cccc(CCNc2cccc(C(N)=O)c2N)c1. The van der Waals surface area contributed by atoms with E-state index in [1.165, 1.54) is 11.1 Å². The van der Waals surface area contributed by atoms with Gasteiger partial charge in [-0.3, -0.25) is 4.79 Å². The summed E-state index contributed by atoms with van der Waals surface area (Å²) in [5.74, 6) is -0.509. The number of carbonyl (C=O) groups is 1. The minimum absolute atomic E-state index is 0.352. The lowest BCUT2D eigenvalue weighted by Crippen LogP contribution is -2.15. The first-order valence-corrected chi connectivity index (χ1v) is 6.55. The fourth-order valence-corrected chi connectivity index (χ4v) is 2.14. The number of rotatable bonds is 5. The zero-order valence-corrected chi connectivity index (χ0v) is 11.5. The summed E-state index contributed by atoms with van der Waals surface area (Å²) in [7, 11) is 0. The van der Waals surface area contributed by atoms with Crippen LogP contribution in [0.5, 0.6) is 0 Å². The molecular weight excluding hydrogens is 250 g/mol.